The Hall–Kier alpha value is -4.97. The fourth-order valence-electron chi connectivity index (χ4n) is 8.73. The second kappa shape index (κ2) is 68.5. The van der Waals surface area contributed by atoms with E-state index < -0.39 is 6.10 Å². The molecule has 1 unspecified atom stereocenters. The minimum Gasteiger partial charge on any atom is -0.462 e. The molecule has 0 spiro atoms. The molecule has 0 N–H and O–H groups in total. The Morgan fingerprint density at radius 2 is 0.476 bits per heavy atom. The summed E-state index contributed by atoms with van der Waals surface area (Å²) in [6, 6.07) is 0. The van der Waals surface area contributed by atoms with E-state index in [4.69, 9.17) is 14.2 Å². The number of rotatable bonds is 59. The van der Waals surface area contributed by atoms with Gasteiger partial charge >= 0.3 is 17.9 Å². The molecule has 0 aliphatic rings. The van der Waals surface area contributed by atoms with Crippen molar-refractivity contribution in [1.29, 1.82) is 0 Å². The Bertz CT molecular complexity index is 1830. The number of carbonyl (C=O) groups is 3. The van der Waals surface area contributed by atoms with E-state index in [9.17, 15) is 14.4 Å². The summed E-state index contributed by atoms with van der Waals surface area (Å²) in [4.78, 5) is 38.3. The van der Waals surface area contributed by atoms with Gasteiger partial charge in [0.25, 0.3) is 0 Å². The van der Waals surface area contributed by atoms with E-state index in [0.717, 1.165) is 186 Å². The molecule has 0 aromatic carbocycles. The molecule has 1 atom stereocenters. The fraction of sp³-hybridized carbons (Fsp3) is 0.618. The predicted octanol–water partition coefficient (Wildman–Crippen LogP) is 23.3. The highest BCUT2D eigenvalue weighted by molar-refractivity contribution is 5.71. The Kier molecular flexibility index (Phi) is 64.4. The number of allylic oxidation sites excluding steroid dienone is 26. The molecule has 0 saturated heterocycles. The first kappa shape index (κ1) is 77.0. The third-order valence-corrected chi connectivity index (χ3v) is 13.7. The lowest BCUT2D eigenvalue weighted by molar-refractivity contribution is -0.167. The fourth-order valence-corrected chi connectivity index (χ4v) is 8.73. The number of hydrogen-bond donors (Lipinski definition) is 0. The van der Waals surface area contributed by atoms with Gasteiger partial charge in [0.2, 0.25) is 0 Å². The first-order valence-corrected chi connectivity index (χ1v) is 33.5. The van der Waals surface area contributed by atoms with Crippen molar-refractivity contribution in [2.45, 2.75) is 290 Å². The molecule has 0 amide bonds. The van der Waals surface area contributed by atoms with Crippen molar-refractivity contribution in [2.24, 2.45) is 0 Å². The van der Waals surface area contributed by atoms with Crippen LogP contribution >= 0.6 is 0 Å². The number of carbonyl (C=O) groups excluding carboxylic acids is 3. The summed E-state index contributed by atoms with van der Waals surface area (Å²) in [5.74, 6) is -0.949. The van der Waals surface area contributed by atoms with Crippen LogP contribution in [-0.2, 0) is 28.6 Å². The Morgan fingerprint density at radius 3 is 0.768 bits per heavy atom. The Balaban J connectivity index is 4.39. The number of esters is 3. The molecule has 0 aromatic heterocycles. The normalized spacial score (nSPS) is 13.2. The summed E-state index contributed by atoms with van der Waals surface area (Å²) >= 11 is 0. The van der Waals surface area contributed by atoms with Gasteiger partial charge in [-0.3, -0.25) is 14.4 Å². The molecule has 0 heterocycles. The van der Waals surface area contributed by atoms with Gasteiger partial charge in [-0.05, 0) is 154 Å². The zero-order chi connectivity index (χ0) is 59.2. The maximum atomic E-state index is 12.9. The highest BCUT2D eigenvalue weighted by Crippen LogP contribution is 2.14. The van der Waals surface area contributed by atoms with E-state index in [1.807, 2.05) is 0 Å². The van der Waals surface area contributed by atoms with E-state index in [1.54, 1.807) is 0 Å². The third-order valence-electron chi connectivity index (χ3n) is 13.7. The second-order valence-corrected chi connectivity index (χ2v) is 21.6. The van der Waals surface area contributed by atoms with Crippen LogP contribution < -0.4 is 0 Å². The Labute approximate surface area is 505 Å². The lowest BCUT2D eigenvalue weighted by atomic mass is 10.1. The van der Waals surface area contributed by atoms with Crippen LogP contribution in [0.3, 0.4) is 0 Å². The summed E-state index contributed by atoms with van der Waals surface area (Å²) in [5, 5.41) is 0. The lowest BCUT2D eigenvalue weighted by Crippen LogP contribution is -2.30. The molecule has 6 nitrogen and oxygen atoms in total. The first-order valence-electron chi connectivity index (χ1n) is 33.5. The highest BCUT2D eigenvalue weighted by atomic mass is 16.6. The van der Waals surface area contributed by atoms with Crippen molar-refractivity contribution < 1.29 is 28.6 Å². The molecule has 82 heavy (non-hydrogen) atoms. The minimum atomic E-state index is -0.808. The molecule has 0 radical (unpaired) electrons. The average molecular weight is 1130 g/mol. The standard InChI is InChI=1S/C76H122O6/c1-4-7-10-13-16-19-22-25-28-30-31-32-33-34-35-36-37-38-39-40-41-42-43-44-45-46-49-51-54-57-60-63-66-69-75(78)81-72-73(71-80-74(77)68-65-62-59-56-53-50-47-27-24-21-18-15-12-9-6-3)82-76(79)70-67-64-61-58-55-52-48-29-26-23-20-17-14-11-8-5-2/h7,10,16,18-21,23,25,27-29,31-32,34-35,37-38,40-41,43-44,46-49,73H,4-6,8-9,11-15,17,22,24,26,30,33,36,39,42,45,50-72H2,1-3H3/b10-7-,19-16-,21-18-,23-20-,28-25-,32-31-,35-34-,38-37-,41-40-,44-43-,47-27-,48-29-,49-46-. The van der Waals surface area contributed by atoms with Crippen LogP contribution in [0, 0.1) is 0 Å². The van der Waals surface area contributed by atoms with Crippen molar-refractivity contribution in [2.75, 3.05) is 13.2 Å². The summed E-state index contributed by atoms with van der Waals surface area (Å²) in [6.45, 7) is 6.44. The van der Waals surface area contributed by atoms with Crippen LogP contribution in [0.1, 0.15) is 284 Å². The lowest BCUT2D eigenvalue weighted by Gasteiger charge is -2.18. The number of ether oxygens (including phenoxy) is 3. The summed E-state index contributed by atoms with van der Waals surface area (Å²) < 4.78 is 16.9. The number of unbranched alkanes of at least 4 members (excludes halogenated alkanes) is 22. The van der Waals surface area contributed by atoms with E-state index >= 15 is 0 Å². The molecule has 0 bridgehead atoms. The molecule has 0 aliphatic carbocycles. The van der Waals surface area contributed by atoms with Gasteiger partial charge in [0.05, 0.1) is 0 Å². The highest BCUT2D eigenvalue weighted by Gasteiger charge is 2.19. The average Bonchev–Trinajstić information content (AvgIpc) is 3.47. The molecule has 462 valence electrons. The van der Waals surface area contributed by atoms with Crippen molar-refractivity contribution in [3.05, 3.63) is 158 Å². The van der Waals surface area contributed by atoms with Crippen LogP contribution in [0.4, 0.5) is 0 Å². The summed E-state index contributed by atoms with van der Waals surface area (Å²) in [6.07, 6.45) is 99.6. The monoisotopic (exact) mass is 1130 g/mol. The SMILES string of the molecule is CC/C=C\C/C=C\C/C=C\C/C=C\C/C=C\C/C=C\C/C=C\C/C=C\C/C=C\CCCCCCCC(=O)OCC(COC(=O)CCCCCCC/C=C\C/C=C\CCCCC)OC(=O)CCCCCCC/C=C\C/C=C\CCCCCC. The molecule has 6 heteroatoms. The first-order chi connectivity index (χ1) is 40.5. The summed E-state index contributed by atoms with van der Waals surface area (Å²) in [7, 11) is 0. The van der Waals surface area contributed by atoms with Crippen LogP contribution in [-0.4, -0.2) is 37.2 Å². The second-order valence-electron chi connectivity index (χ2n) is 21.6. The van der Waals surface area contributed by atoms with Crippen LogP contribution in [0.25, 0.3) is 0 Å². The molecule has 0 saturated carbocycles. The van der Waals surface area contributed by atoms with E-state index in [2.05, 4.69) is 179 Å². The van der Waals surface area contributed by atoms with Gasteiger partial charge in [-0.2, -0.15) is 0 Å². The van der Waals surface area contributed by atoms with Gasteiger partial charge < -0.3 is 14.2 Å². The van der Waals surface area contributed by atoms with Gasteiger partial charge in [0.1, 0.15) is 13.2 Å². The maximum Gasteiger partial charge on any atom is 0.306 e. The molecule has 0 aliphatic heterocycles. The predicted molar refractivity (Wildman–Crippen MR) is 357 cm³/mol. The van der Waals surface area contributed by atoms with Gasteiger partial charge in [-0.25, -0.2) is 0 Å². The smallest absolute Gasteiger partial charge is 0.306 e. The largest absolute Gasteiger partial charge is 0.462 e. The van der Waals surface area contributed by atoms with Gasteiger partial charge in [0, 0.05) is 19.3 Å². The molecular formula is C76H122O6. The van der Waals surface area contributed by atoms with Crippen molar-refractivity contribution >= 4 is 17.9 Å². The third kappa shape index (κ3) is 65.8. The van der Waals surface area contributed by atoms with E-state index in [0.29, 0.717) is 19.3 Å². The van der Waals surface area contributed by atoms with Gasteiger partial charge in [-0.1, -0.05) is 269 Å². The van der Waals surface area contributed by atoms with Crippen molar-refractivity contribution in [3.8, 4) is 0 Å². The van der Waals surface area contributed by atoms with Crippen LogP contribution in [0.5, 0.6) is 0 Å². The maximum absolute atomic E-state index is 12.9. The van der Waals surface area contributed by atoms with Crippen molar-refractivity contribution in [3.63, 3.8) is 0 Å². The van der Waals surface area contributed by atoms with Crippen molar-refractivity contribution in [1.82, 2.24) is 0 Å². The van der Waals surface area contributed by atoms with Crippen LogP contribution in [0.2, 0.25) is 0 Å². The minimum absolute atomic E-state index is 0.102. The van der Waals surface area contributed by atoms with Crippen LogP contribution in [0.15, 0.2) is 158 Å². The Morgan fingerprint density at radius 1 is 0.256 bits per heavy atom. The van der Waals surface area contributed by atoms with Gasteiger partial charge in [0.15, 0.2) is 6.10 Å². The molecule has 0 aromatic rings. The molecule has 0 rings (SSSR count). The van der Waals surface area contributed by atoms with E-state index in [1.165, 1.54) is 57.8 Å². The molecule has 0 fully saturated rings. The zero-order valence-corrected chi connectivity index (χ0v) is 52.9. The zero-order valence-electron chi connectivity index (χ0n) is 52.9. The topological polar surface area (TPSA) is 78.9 Å². The van der Waals surface area contributed by atoms with E-state index in [-0.39, 0.29) is 31.1 Å². The molecular weight excluding hydrogens is 1010 g/mol. The summed E-state index contributed by atoms with van der Waals surface area (Å²) in [5.41, 5.74) is 0. The number of hydrogen-bond acceptors (Lipinski definition) is 6. The van der Waals surface area contributed by atoms with Gasteiger partial charge in [-0.15, -0.1) is 0 Å². The quantitative estimate of drug-likeness (QED) is 0.0261.